The van der Waals surface area contributed by atoms with E-state index in [4.69, 9.17) is 0 Å². The lowest BCUT2D eigenvalue weighted by Gasteiger charge is -2.50. The summed E-state index contributed by atoms with van der Waals surface area (Å²) < 4.78 is 0.772. The fraction of sp³-hybridized carbons (Fsp3) is 0.647. The number of benzene rings is 1. The van der Waals surface area contributed by atoms with Crippen molar-refractivity contribution in [1.82, 2.24) is 0 Å². The molecule has 3 aliphatic rings. The largest absolute Gasteiger partial charge is 0.508 e. The van der Waals surface area contributed by atoms with Gasteiger partial charge in [0.1, 0.15) is 5.75 Å². The summed E-state index contributed by atoms with van der Waals surface area (Å²) in [5, 5.41) is 11.5. The molecule has 1 saturated heterocycles. The van der Waals surface area contributed by atoms with Crippen LogP contribution < -0.4 is 0 Å². The van der Waals surface area contributed by atoms with Gasteiger partial charge in [-0.05, 0) is 67.2 Å². The van der Waals surface area contributed by atoms with Gasteiger partial charge in [-0.3, -0.25) is 0 Å². The number of rotatable bonds is 0. The van der Waals surface area contributed by atoms with E-state index in [9.17, 15) is 5.11 Å². The minimum Gasteiger partial charge on any atom is -0.508 e. The summed E-state index contributed by atoms with van der Waals surface area (Å²) in [6.45, 7) is 4.86. The molecule has 1 aliphatic heterocycles. The Hall–Kier alpha value is -0.280. The summed E-state index contributed by atoms with van der Waals surface area (Å²) in [5.74, 6) is 1.25. The average Bonchev–Trinajstić information content (AvgIpc) is 2.78. The maximum absolute atomic E-state index is 9.75. The number of phenolic OH excluding ortho intramolecular Hbond substituents is 1. The maximum Gasteiger partial charge on any atom is 0.115 e. The standard InChI is InChI=1S/C17H22OS2/c1-10-19-15-7-8-17(2)13-6-4-12(18)9-11(13)3-5-14(17)16(15)20-10/h4,6,9-10,14-16,18H,3,5,7-8H2,1-2H3/t10?,14-,15?,16?,17+/m1/s1. The average molecular weight is 306 g/mol. The number of aryl methyl sites for hydroxylation is 1. The first-order valence-electron chi connectivity index (χ1n) is 7.71. The normalized spacial score (nSPS) is 42.7. The van der Waals surface area contributed by atoms with E-state index in [-0.39, 0.29) is 0 Å². The van der Waals surface area contributed by atoms with Gasteiger partial charge in [-0.25, -0.2) is 0 Å². The predicted molar refractivity (Wildman–Crippen MR) is 88.7 cm³/mol. The summed E-state index contributed by atoms with van der Waals surface area (Å²) >= 11 is 4.44. The van der Waals surface area contributed by atoms with E-state index < -0.39 is 0 Å². The third-order valence-electron chi connectivity index (χ3n) is 5.67. The Morgan fingerprint density at radius 3 is 2.95 bits per heavy atom. The molecule has 0 amide bonds. The van der Waals surface area contributed by atoms with Crippen LogP contribution in [0.4, 0.5) is 0 Å². The van der Waals surface area contributed by atoms with Gasteiger partial charge in [0.2, 0.25) is 0 Å². The van der Waals surface area contributed by atoms with Crippen LogP contribution in [0.5, 0.6) is 5.75 Å². The summed E-state index contributed by atoms with van der Waals surface area (Å²) in [6.07, 6.45) is 5.12. The van der Waals surface area contributed by atoms with Gasteiger partial charge < -0.3 is 5.11 Å². The van der Waals surface area contributed by atoms with E-state index >= 15 is 0 Å². The molecule has 1 nitrogen and oxygen atoms in total. The molecule has 0 bridgehead atoms. The van der Waals surface area contributed by atoms with Gasteiger partial charge in [0, 0.05) is 15.1 Å². The highest BCUT2D eigenvalue weighted by atomic mass is 32.2. The van der Waals surface area contributed by atoms with E-state index in [2.05, 4.69) is 43.4 Å². The topological polar surface area (TPSA) is 20.2 Å². The molecule has 2 aliphatic carbocycles. The van der Waals surface area contributed by atoms with Crippen molar-refractivity contribution in [3.8, 4) is 5.75 Å². The van der Waals surface area contributed by atoms with Crippen LogP contribution in [-0.2, 0) is 11.8 Å². The summed E-state index contributed by atoms with van der Waals surface area (Å²) in [7, 11) is 0. The molecule has 2 fully saturated rings. The Kier molecular flexibility index (Phi) is 3.08. The van der Waals surface area contributed by atoms with Crippen molar-refractivity contribution in [2.75, 3.05) is 0 Å². The molecule has 1 aromatic rings. The summed E-state index contributed by atoms with van der Waals surface area (Å²) in [5.41, 5.74) is 3.25. The molecule has 1 saturated carbocycles. The molecule has 108 valence electrons. The quantitative estimate of drug-likeness (QED) is 0.758. The molecule has 0 aromatic heterocycles. The Bertz CT molecular complexity index is 544. The van der Waals surface area contributed by atoms with Crippen LogP contribution in [0.1, 0.15) is 44.2 Å². The van der Waals surface area contributed by atoms with Gasteiger partial charge in [-0.1, -0.05) is 13.0 Å². The zero-order valence-electron chi connectivity index (χ0n) is 12.1. The first-order chi connectivity index (χ1) is 9.58. The van der Waals surface area contributed by atoms with Crippen molar-refractivity contribution < 1.29 is 5.11 Å². The van der Waals surface area contributed by atoms with Crippen molar-refractivity contribution in [2.24, 2.45) is 5.92 Å². The molecule has 20 heavy (non-hydrogen) atoms. The fourth-order valence-corrected chi connectivity index (χ4v) is 8.64. The van der Waals surface area contributed by atoms with Gasteiger partial charge in [0.25, 0.3) is 0 Å². The second kappa shape index (κ2) is 4.61. The number of phenols is 1. The second-order valence-electron chi connectivity index (χ2n) is 6.79. The van der Waals surface area contributed by atoms with E-state index in [1.807, 2.05) is 12.1 Å². The Morgan fingerprint density at radius 2 is 2.10 bits per heavy atom. The highest BCUT2D eigenvalue weighted by molar-refractivity contribution is 8.20. The SMILES string of the molecule is CC1SC2CC[C@@]3(C)c4ccc(O)cc4CC[C@@H]3C2S1. The number of hydrogen-bond donors (Lipinski definition) is 1. The van der Waals surface area contributed by atoms with Gasteiger partial charge >= 0.3 is 0 Å². The van der Waals surface area contributed by atoms with E-state index in [1.54, 1.807) is 0 Å². The highest BCUT2D eigenvalue weighted by Crippen LogP contribution is 2.60. The van der Waals surface area contributed by atoms with Crippen molar-refractivity contribution in [1.29, 1.82) is 0 Å². The van der Waals surface area contributed by atoms with Crippen molar-refractivity contribution in [3.05, 3.63) is 29.3 Å². The minimum absolute atomic E-state index is 0.333. The zero-order chi connectivity index (χ0) is 13.9. The number of thioether (sulfide) groups is 2. The third kappa shape index (κ3) is 1.85. The maximum atomic E-state index is 9.75. The van der Waals surface area contributed by atoms with Crippen molar-refractivity contribution in [2.45, 2.75) is 60.0 Å². The Balaban J connectivity index is 1.75. The molecule has 3 unspecified atom stereocenters. The number of hydrogen-bond acceptors (Lipinski definition) is 3. The van der Waals surface area contributed by atoms with Crippen molar-refractivity contribution >= 4 is 23.5 Å². The molecular weight excluding hydrogens is 284 g/mol. The van der Waals surface area contributed by atoms with Crippen LogP contribution in [0.2, 0.25) is 0 Å². The van der Waals surface area contributed by atoms with Gasteiger partial charge in [-0.15, -0.1) is 23.5 Å². The lowest BCUT2D eigenvalue weighted by molar-refractivity contribution is 0.191. The van der Waals surface area contributed by atoms with Gasteiger partial charge in [0.05, 0.1) is 0 Å². The number of aromatic hydroxyl groups is 1. The first-order valence-corrected chi connectivity index (χ1v) is 9.60. The predicted octanol–water partition coefficient (Wildman–Crippen LogP) is 4.57. The van der Waals surface area contributed by atoms with Crippen LogP contribution in [0.15, 0.2) is 18.2 Å². The monoisotopic (exact) mass is 306 g/mol. The van der Waals surface area contributed by atoms with E-state index in [0.29, 0.717) is 11.2 Å². The molecule has 1 heterocycles. The highest BCUT2D eigenvalue weighted by Gasteiger charge is 2.52. The second-order valence-corrected chi connectivity index (χ2v) is 10.2. The van der Waals surface area contributed by atoms with Crippen molar-refractivity contribution in [3.63, 3.8) is 0 Å². The molecule has 3 heteroatoms. The fourth-order valence-electron chi connectivity index (χ4n) is 4.71. The Morgan fingerprint density at radius 1 is 1.25 bits per heavy atom. The third-order valence-corrected chi connectivity index (χ3v) is 9.13. The number of fused-ring (bicyclic) bond motifs is 5. The zero-order valence-corrected chi connectivity index (χ0v) is 13.8. The van der Waals surface area contributed by atoms with Crippen LogP contribution in [0.25, 0.3) is 0 Å². The first kappa shape index (κ1) is 13.4. The molecule has 1 N–H and O–H groups in total. The van der Waals surface area contributed by atoms with E-state index in [0.717, 1.165) is 27.4 Å². The lowest BCUT2D eigenvalue weighted by atomic mass is 9.58. The minimum atomic E-state index is 0.333. The molecule has 5 atom stereocenters. The Labute approximate surface area is 129 Å². The van der Waals surface area contributed by atoms with Crippen LogP contribution in [0.3, 0.4) is 0 Å². The molecule has 1 aromatic carbocycles. The van der Waals surface area contributed by atoms with Crippen LogP contribution >= 0.6 is 23.5 Å². The smallest absolute Gasteiger partial charge is 0.115 e. The van der Waals surface area contributed by atoms with Crippen LogP contribution in [-0.4, -0.2) is 20.2 Å². The summed E-state index contributed by atoms with van der Waals surface area (Å²) in [6, 6.07) is 6.09. The molecule has 0 spiro atoms. The summed E-state index contributed by atoms with van der Waals surface area (Å²) in [4.78, 5) is 0. The molecule has 4 rings (SSSR count). The lowest BCUT2D eigenvalue weighted by Crippen LogP contribution is -2.48. The van der Waals surface area contributed by atoms with Gasteiger partial charge in [0.15, 0.2) is 0 Å². The molecule has 0 radical (unpaired) electrons. The van der Waals surface area contributed by atoms with Crippen LogP contribution in [0, 0.1) is 5.92 Å². The molecular formula is C17H22OS2. The van der Waals surface area contributed by atoms with E-state index in [1.165, 1.54) is 30.4 Å². The van der Waals surface area contributed by atoms with Gasteiger partial charge in [-0.2, -0.15) is 0 Å².